The molecule has 0 amide bonds. The molecular weight excluding hydrogens is 281 g/mol. The van der Waals surface area contributed by atoms with Crippen LogP contribution in [0.15, 0.2) is 24.4 Å². The average Bonchev–Trinajstić information content (AvgIpc) is 2.89. The number of halogens is 2. The number of hydrogen-bond acceptors (Lipinski definition) is 4. The van der Waals surface area contributed by atoms with Crippen molar-refractivity contribution in [2.45, 2.75) is 6.92 Å². The molecular formula is C13H11ClFN5. The first-order valence-corrected chi connectivity index (χ1v) is 6.47. The zero-order valence-electron chi connectivity index (χ0n) is 10.6. The van der Waals surface area contributed by atoms with Crippen molar-refractivity contribution in [3.8, 4) is 11.3 Å². The van der Waals surface area contributed by atoms with Crippen LogP contribution in [-0.2, 0) is 0 Å². The van der Waals surface area contributed by atoms with Crippen LogP contribution in [0, 0.1) is 5.82 Å². The predicted octanol–water partition coefficient (Wildman–Crippen LogP) is 3.24. The minimum atomic E-state index is -0.371. The molecule has 2 heterocycles. The van der Waals surface area contributed by atoms with Crippen LogP contribution in [0.1, 0.15) is 6.92 Å². The van der Waals surface area contributed by atoms with Gasteiger partial charge in [0.25, 0.3) is 0 Å². The van der Waals surface area contributed by atoms with E-state index in [2.05, 4.69) is 25.5 Å². The average molecular weight is 292 g/mol. The molecule has 0 aliphatic carbocycles. The minimum absolute atomic E-state index is 0.371. The summed E-state index contributed by atoms with van der Waals surface area (Å²) in [7, 11) is 0. The van der Waals surface area contributed by atoms with Gasteiger partial charge in [-0.2, -0.15) is 10.1 Å². The molecule has 5 nitrogen and oxygen atoms in total. The second-order valence-electron chi connectivity index (χ2n) is 4.18. The molecule has 2 aromatic heterocycles. The number of nitrogens with zero attached hydrogens (tertiary/aromatic N) is 3. The van der Waals surface area contributed by atoms with Gasteiger partial charge in [0.05, 0.1) is 22.3 Å². The summed E-state index contributed by atoms with van der Waals surface area (Å²) >= 11 is 6.15. The van der Waals surface area contributed by atoms with Gasteiger partial charge in [0.1, 0.15) is 5.82 Å². The fraction of sp³-hybridized carbons (Fsp3) is 0.154. The maximum absolute atomic E-state index is 13.5. The molecule has 0 aliphatic heterocycles. The van der Waals surface area contributed by atoms with Crippen molar-refractivity contribution in [2.75, 3.05) is 11.9 Å². The fourth-order valence-corrected chi connectivity index (χ4v) is 2.16. The Labute approximate surface area is 119 Å². The molecule has 0 spiro atoms. The smallest absolute Gasteiger partial charge is 0.225 e. The van der Waals surface area contributed by atoms with Gasteiger partial charge in [0.15, 0.2) is 5.65 Å². The van der Waals surface area contributed by atoms with E-state index in [0.717, 1.165) is 0 Å². The highest BCUT2D eigenvalue weighted by molar-refractivity contribution is 6.33. The van der Waals surface area contributed by atoms with E-state index in [4.69, 9.17) is 11.6 Å². The number of hydrogen-bond donors (Lipinski definition) is 2. The first kappa shape index (κ1) is 12.8. The second kappa shape index (κ2) is 5.05. The lowest BCUT2D eigenvalue weighted by atomic mass is 10.1. The van der Waals surface area contributed by atoms with Gasteiger partial charge in [-0.3, -0.25) is 5.10 Å². The van der Waals surface area contributed by atoms with Crippen LogP contribution in [0.4, 0.5) is 10.3 Å². The standard InChI is InChI=1S/C13H11ClFN5/c1-2-16-13-18-11(9-6-17-20-12(9)19-13)8-5-7(15)3-4-10(8)14/h3-6H,2H2,1H3,(H2,16,17,18,19,20). The van der Waals surface area contributed by atoms with E-state index in [1.165, 1.54) is 18.2 Å². The molecule has 0 saturated heterocycles. The maximum Gasteiger partial charge on any atom is 0.225 e. The van der Waals surface area contributed by atoms with Crippen LogP contribution in [0.25, 0.3) is 22.3 Å². The second-order valence-corrected chi connectivity index (χ2v) is 4.59. The Morgan fingerprint density at radius 3 is 3.00 bits per heavy atom. The third-order valence-corrected chi connectivity index (χ3v) is 3.16. The lowest BCUT2D eigenvalue weighted by Crippen LogP contribution is -2.03. The lowest BCUT2D eigenvalue weighted by Gasteiger charge is -2.08. The molecule has 0 fully saturated rings. The summed E-state index contributed by atoms with van der Waals surface area (Å²) in [5.74, 6) is 0.0734. The fourth-order valence-electron chi connectivity index (χ4n) is 1.96. The van der Waals surface area contributed by atoms with E-state index < -0.39 is 0 Å². The summed E-state index contributed by atoms with van der Waals surface area (Å²) in [5, 5.41) is 10.9. The number of fused-ring (bicyclic) bond motifs is 1. The predicted molar refractivity (Wildman–Crippen MR) is 76.3 cm³/mol. The van der Waals surface area contributed by atoms with Crippen LogP contribution in [0.5, 0.6) is 0 Å². The number of nitrogens with one attached hydrogen (secondary N) is 2. The van der Waals surface area contributed by atoms with Gasteiger partial charge in [-0.25, -0.2) is 9.37 Å². The highest BCUT2D eigenvalue weighted by Crippen LogP contribution is 2.32. The molecule has 0 unspecified atom stereocenters. The lowest BCUT2D eigenvalue weighted by molar-refractivity contribution is 0.628. The van der Waals surface area contributed by atoms with Crippen LogP contribution < -0.4 is 5.32 Å². The zero-order valence-corrected chi connectivity index (χ0v) is 11.4. The van der Waals surface area contributed by atoms with Crippen LogP contribution >= 0.6 is 11.6 Å². The van der Waals surface area contributed by atoms with Crippen LogP contribution in [0.3, 0.4) is 0 Å². The molecule has 3 aromatic rings. The van der Waals surface area contributed by atoms with E-state index in [9.17, 15) is 4.39 Å². The molecule has 0 atom stereocenters. The summed E-state index contributed by atoms with van der Waals surface area (Å²) in [6, 6.07) is 4.17. The van der Waals surface area contributed by atoms with Crippen molar-refractivity contribution in [1.29, 1.82) is 0 Å². The quantitative estimate of drug-likeness (QED) is 0.777. The van der Waals surface area contributed by atoms with Crippen molar-refractivity contribution >= 4 is 28.6 Å². The van der Waals surface area contributed by atoms with Gasteiger partial charge in [-0.1, -0.05) is 11.6 Å². The van der Waals surface area contributed by atoms with E-state index in [0.29, 0.717) is 39.8 Å². The van der Waals surface area contributed by atoms with Gasteiger partial charge in [0, 0.05) is 12.1 Å². The van der Waals surface area contributed by atoms with Crippen molar-refractivity contribution in [2.24, 2.45) is 0 Å². The maximum atomic E-state index is 13.5. The highest BCUT2D eigenvalue weighted by Gasteiger charge is 2.14. The number of benzene rings is 1. The Kier molecular flexibility index (Phi) is 3.23. The number of aromatic amines is 1. The Morgan fingerprint density at radius 2 is 2.20 bits per heavy atom. The molecule has 20 heavy (non-hydrogen) atoms. The van der Waals surface area contributed by atoms with Gasteiger partial charge >= 0.3 is 0 Å². The third kappa shape index (κ3) is 2.18. The van der Waals surface area contributed by atoms with Gasteiger partial charge < -0.3 is 5.32 Å². The summed E-state index contributed by atoms with van der Waals surface area (Å²) in [5.41, 5.74) is 1.63. The first-order chi connectivity index (χ1) is 9.69. The number of aromatic nitrogens is 4. The van der Waals surface area contributed by atoms with Crippen molar-refractivity contribution < 1.29 is 4.39 Å². The van der Waals surface area contributed by atoms with Gasteiger partial charge in [-0.15, -0.1) is 0 Å². The molecule has 1 aromatic carbocycles. The van der Waals surface area contributed by atoms with Gasteiger partial charge in [0.2, 0.25) is 5.95 Å². The summed E-state index contributed by atoms with van der Waals surface area (Å²) in [6.07, 6.45) is 1.60. The highest BCUT2D eigenvalue weighted by atomic mass is 35.5. The van der Waals surface area contributed by atoms with Gasteiger partial charge in [-0.05, 0) is 25.1 Å². The number of H-pyrrole nitrogens is 1. The number of anilines is 1. The Bertz CT molecular complexity index is 771. The molecule has 102 valence electrons. The third-order valence-electron chi connectivity index (χ3n) is 2.83. The molecule has 0 radical (unpaired) electrons. The number of rotatable bonds is 3. The Morgan fingerprint density at radius 1 is 1.35 bits per heavy atom. The molecule has 3 rings (SSSR count). The van der Waals surface area contributed by atoms with Crippen LogP contribution in [-0.4, -0.2) is 26.7 Å². The topological polar surface area (TPSA) is 66.5 Å². The SMILES string of the molecule is CCNc1nc(-c2cc(F)ccc2Cl)c2cn[nH]c2n1. The molecule has 0 saturated carbocycles. The van der Waals surface area contributed by atoms with E-state index in [1.807, 2.05) is 6.92 Å². The van der Waals surface area contributed by atoms with E-state index >= 15 is 0 Å². The van der Waals surface area contributed by atoms with E-state index in [1.54, 1.807) is 6.20 Å². The first-order valence-electron chi connectivity index (χ1n) is 6.09. The van der Waals surface area contributed by atoms with Crippen molar-refractivity contribution in [1.82, 2.24) is 20.2 Å². The Hall–Kier alpha value is -2.21. The van der Waals surface area contributed by atoms with Crippen molar-refractivity contribution in [3.05, 3.63) is 35.2 Å². The largest absolute Gasteiger partial charge is 0.354 e. The van der Waals surface area contributed by atoms with Crippen LogP contribution in [0.2, 0.25) is 5.02 Å². The minimum Gasteiger partial charge on any atom is -0.354 e. The summed E-state index contributed by atoms with van der Waals surface area (Å²) in [6.45, 7) is 2.62. The monoisotopic (exact) mass is 291 g/mol. The molecule has 2 N–H and O–H groups in total. The summed E-state index contributed by atoms with van der Waals surface area (Å²) < 4.78 is 13.5. The molecule has 0 aliphatic rings. The zero-order chi connectivity index (χ0) is 14.1. The normalized spacial score (nSPS) is 10.9. The summed E-state index contributed by atoms with van der Waals surface area (Å²) in [4.78, 5) is 8.69. The van der Waals surface area contributed by atoms with E-state index in [-0.39, 0.29) is 5.82 Å². The molecule has 0 bridgehead atoms. The molecule has 7 heteroatoms. The van der Waals surface area contributed by atoms with Crippen molar-refractivity contribution in [3.63, 3.8) is 0 Å². The Balaban J connectivity index is 2.28.